The molecule has 20 heavy (non-hydrogen) atoms. The molecule has 1 aromatic carbocycles. The number of nitrogens with zero attached hydrogens (tertiary/aromatic N) is 1. The van der Waals surface area contributed by atoms with Gasteiger partial charge in [0.05, 0.1) is 9.77 Å². The standard InChI is InChI=1S/C12H12BClN2O2S2/c1-8-2-4-9(5-3-8)20(17,18)16-15-12(14)11-10(13)6-7-19-11/h2-7,16H,13H2,1H3/b15-12-. The second-order valence-corrected chi connectivity index (χ2v) is 7.18. The molecule has 8 heteroatoms. The van der Waals surface area contributed by atoms with Crippen molar-refractivity contribution in [2.75, 3.05) is 0 Å². The maximum absolute atomic E-state index is 12.0. The molecule has 0 aliphatic rings. The summed E-state index contributed by atoms with van der Waals surface area (Å²) in [6, 6.07) is 8.40. The van der Waals surface area contributed by atoms with Crippen molar-refractivity contribution in [3.8, 4) is 0 Å². The lowest BCUT2D eigenvalue weighted by Crippen LogP contribution is -2.20. The molecule has 0 aliphatic carbocycles. The van der Waals surface area contributed by atoms with Gasteiger partial charge in [-0.1, -0.05) is 40.8 Å². The molecule has 0 unspecified atom stereocenters. The lowest BCUT2D eigenvalue weighted by Gasteiger charge is -2.04. The topological polar surface area (TPSA) is 58.5 Å². The largest absolute Gasteiger partial charge is 0.276 e. The minimum absolute atomic E-state index is 0.133. The smallest absolute Gasteiger partial charge is 0.200 e. The Morgan fingerprint density at radius 2 is 1.95 bits per heavy atom. The molecule has 0 aliphatic heterocycles. The molecule has 0 bridgehead atoms. The van der Waals surface area contributed by atoms with Gasteiger partial charge in [-0.25, -0.2) is 0 Å². The molecule has 2 aromatic rings. The third kappa shape index (κ3) is 3.42. The average molecular weight is 327 g/mol. The van der Waals surface area contributed by atoms with Gasteiger partial charge >= 0.3 is 0 Å². The van der Waals surface area contributed by atoms with Gasteiger partial charge in [-0.15, -0.1) is 11.3 Å². The molecular weight excluding hydrogens is 315 g/mol. The number of aryl methyl sites for hydroxylation is 1. The molecule has 0 saturated carbocycles. The van der Waals surface area contributed by atoms with E-state index in [1.165, 1.54) is 23.5 Å². The van der Waals surface area contributed by atoms with E-state index in [0.29, 0.717) is 0 Å². The predicted molar refractivity (Wildman–Crippen MR) is 86.4 cm³/mol. The number of sulfonamides is 1. The van der Waals surface area contributed by atoms with Gasteiger partial charge in [0.25, 0.3) is 10.0 Å². The van der Waals surface area contributed by atoms with Crippen molar-refractivity contribution in [2.24, 2.45) is 5.10 Å². The van der Waals surface area contributed by atoms with Crippen LogP contribution in [0.3, 0.4) is 0 Å². The van der Waals surface area contributed by atoms with Crippen molar-refractivity contribution in [3.63, 3.8) is 0 Å². The minimum atomic E-state index is -3.69. The van der Waals surface area contributed by atoms with E-state index in [4.69, 9.17) is 11.6 Å². The minimum Gasteiger partial charge on any atom is -0.200 e. The van der Waals surface area contributed by atoms with E-state index in [1.807, 2.05) is 26.2 Å². The quantitative estimate of drug-likeness (QED) is 0.521. The van der Waals surface area contributed by atoms with Crippen LogP contribution >= 0.6 is 22.9 Å². The van der Waals surface area contributed by atoms with E-state index in [0.717, 1.165) is 15.9 Å². The van der Waals surface area contributed by atoms with Gasteiger partial charge < -0.3 is 0 Å². The number of halogens is 1. The third-order valence-corrected chi connectivity index (χ3v) is 5.28. The molecular formula is C12H12BClN2O2S2. The van der Waals surface area contributed by atoms with Crippen LogP contribution in [0.1, 0.15) is 10.4 Å². The fourth-order valence-corrected chi connectivity index (χ4v) is 3.50. The Labute approximate surface area is 127 Å². The maximum Gasteiger partial charge on any atom is 0.276 e. The highest BCUT2D eigenvalue weighted by Crippen LogP contribution is 2.12. The van der Waals surface area contributed by atoms with Crippen molar-refractivity contribution in [3.05, 3.63) is 46.2 Å². The summed E-state index contributed by atoms with van der Waals surface area (Å²) in [5.41, 5.74) is 1.94. The second-order valence-electron chi connectivity index (χ2n) is 4.24. The molecule has 104 valence electrons. The van der Waals surface area contributed by atoms with Gasteiger partial charge in [0, 0.05) is 0 Å². The summed E-state index contributed by atoms with van der Waals surface area (Å²) in [7, 11) is -1.81. The van der Waals surface area contributed by atoms with E-state index >= 15 is 0 Å². The summed E-state index contributed by atoms with van der Waals surface area (Å²) in [6.45, 7) is 1.89. The van der Waals surface area contributed by atoms with Crippen molar-refractivity contribution >= 4 is 51.4 Å². The Morgan fingerprint density at radius 3 is 2.50 bits per heavy atom. The number of hydrazone groups is 1. The van der Waals surface area contributed by atoms with Gasteiger partial charge in [0.1, 0.15) is 7.85 Å². The Kier molecular flexibility index (Phi) is 4.52. The monoisotopic (exact) mass is 326 g/mol. The van der Waals surface area contributed by atoms with E-state index in [2.05, 4.69) is 9.93 Å². The van der Waals surface area contributed by atoms with E-state index < -0.39 is 10.0 Å². The maximum atomic E-state index is 12.0. The van der Waals surface area contributed by atoms with E-state index in [9.17, 15) is 8.42 Å². The zero-order chi connectivity index (χ0) is 14.8. The SMILES string of the molecule is Bc1ccsc1/C(Cl)=N/NS(=O)(=O)c1ccc(C)cc1. The summed E-state index contributed by atoms with van der Waals surface area (Å²) >= 11 is 7.41. The number of benzene rings is 1. The highest BCUT2D eigenvalue weighted by atomic mass is 35.5. The summed E-state index contributed by atoms with van der Waals surface area (Å²) in [4.78, 5) is 3.05. The molecule has 0 saturated heterocycles. The van der Waals surface area contributed by atoms with Gasteiger partial charge in [-0.2, -0.15) is 18.4 Å². The van der Waals surface area contributed by atoms with Gasteiger partial charge in [0.15, 0.2) is 5.17 Å². The van der Waals surface area contributed by atoms with Gasteiger partial charge in [-0.3, -0.25) is 0 Å². The van der Waals surface area contributed by atoms with Crippen molar-refractivity contribution in [2.45, 2.75) is 11.8 Å². The lowest BCUT2D eigenvalue weighted by atomic mass is 9.98. The van der Waals surface area contributed by atoms with Crippen LogP contribution in [-0.2, 0) is 10.0 Å². The predicted octanol–water partition coefficient (Wildman–Crippen LogP) is 1.19. The molecule has 0 fully saturated rings. The van der Waals surface area contributed by atoms with Crippen molar-refractivity contribution in [1.82, 2.24) is 4.83 Å². The summed E-state index contributed by atoms with van der Waals surface area (Å²) in [5, 5.41) is 5.76. The zero-order valence-corrected chi connectivity index (χ0v) is 13.3. The molecule has 1 heterocycles. The molecule has 2 rings (SSSR count). The highest BCUT2D eigenvalue weighted by Gasteiger charge is 2.13. The Balaban J connectivity index is 2.21. The first-order valence-corrected chi connectivity index (χ1v) is 8.50. The normalized spacial score (nSPS) is 12.4. The fraction of sp³-hybridized carbons (Fsp3) is 0.0833. The number of rotatable bonds is 4. The Hall–Kier alpha value is -1.31. The van der Waals surface area contributed by atoms with Crippen LogP contribution in [0, 0.1) is 6.92 Å². The fourth-order valence-electron chi connectivity index (χ4n) is 1.51. The lowest BCUT2D eigenvalue weighted by molar-refractivity contribution is 0.584. The molecule has 4 nitrogen and oxygen atoms in total. The first-order valence-electron chi connectivity index (χ1n) is 5.76. The molecule has 0 atom stereocenters. The summed E-state index contributed by atoms with van der Waals surface area (Å²) < 4.78 is 24.1. The summed E-state index contributed by atoms with van der Waals surface area (Å²) in [5.74, 6) is 0. The first kappa shape index (κ1) is 15.1. The van der Waals surface area contributed by atoms with Crippen molar-refractivity contribution in [1.29, 1.82) is 0 Å². The van der Waals surface area contributed by atoms with Crippen LogP contribution in [0.25, 0.3) is 0 Å². The number of hydrogen-bond donors (Lipinski definition) is 1. The molecule has 0 radical (unpaired) electrons. The average Bonchev–Trinajstić information content (AvgIpc) is 2.83. The third-order valence-electron chi connectivity index (χ3n) is 2.64. The van der Waals surface area contributed by atoms with E-state index in [1.54, 1.807) is 12.1 Å². The van der Waals surface area contributed by atoms with Crippen LogP contribution in [0.4, 0.5) is 0 Å². The van der Waals surface area contributed by atoms with Crippen molar-refractivity contribution < 1.29 is 8.42 Å². The van der Waals surface area contributed by atoms with Crippen LogP contribution in [0.15, 0.2) is 45.7 Å². The first-order chi connectivity index (χ1) is 9.40. The number of nitrogens with one attached hydrogen (secondary N) is 1. The molecule has 0 amide bonds. The van der Waals surface area contributed by atoms with Crippen LogP contribution in [-0.4, -0.2) is 21.4 Å². The zero-order valence-electron chi connectivity index (χ0n) is 10.9. The van der Waals surface area contributed by atoms with E-state index in [-0.39, 0.29) is 10.1 Å². The van der Waals surface area contributed by atoms with Crippen LogP contribution in [0.2, 0.25) is 0 Å². The Morgan fingerprint density at radius 1 is 1.30 bits per heavy atom. The second kappa shape index (κ2) is 5.99. The molecule has 1 aromatic heterocycles. The number of hydrogen-bond acceptors (Lipinski definition) is 4. The van der Waals surface area contributed by atoms with Crippen LogP contribution < -0.4 is 10.3 Å². The van der Waals surface area contributed by atoms with Gasteiger partial charge in [-0.05, 0) is 24.4 Å². The molecule has 0 spiro atoms. The number of thiophene rings is 1. The molecule has 1 N–H and O–H groups in total. The van der Waals surface area contributed by atoms with Crippen LogP contribution in [0.5, 0.6) is 0 Å². The summed E-state index contributed by atoms with van der Waals surface area (Å²) in [6.07, 6.45) is 0. The van der Waals surface area contributed by atoms with Gasteiger partial charge in [0.2, 0.25) is 0 Å². The Bertz CT molecular complexity index is 739. The highest BCUT2D eigenvalue weighted by molar-refractivity contribution is 7.89.